The van der Waals surface area contributed by atoms with E-state index in [9.17, 15) is 19.2 Å². The molecular formula is C25H20Br2N2O5. The Morgan fingerprint density at radius 2 is 1.82 bits per heavy atom. The molecule has 4 amide bonds. The number of barbiturate groups is 1. The Kier molecular flexibility index (Phi) is 6.16. The summed E-state index contributed by atoms with van der Waals surface area (Å²) < 4.78 is 6.75. The van der Waals surface area contributed by atoms with Crippen LogP contribution in [0.25, 0.3) is 6.08 Å². The lowest BCUT2D eigenvalue weighted by atomic mass is 9.93. The Bertz CT molecular complexity index is 1240. The van der Waals surface area contributed by atoms with Crippen molar-refractivity contribution >= 4 is 61.8 Å². The second-order valence-corrected chi connectivity index (χ2v) is 10.6. The van der Waals surface area contributed by atoms with Gasteiger partial charge in [-0.2, -0.15) is 0 Å². The van der Waals surface area contributed by atoms with Crippen molar-refractivity contribution < 1.29 is 23.9 Å². The Morgan fingerprint density at radius 3 is 2.50 bits per heavy atom. The van der Waals surface area contributed by atoms with Gasteiger partial charge >= 0.3 is 12.0 Å². The monoisotopic (exact) mass is 586 g/mol. The van der Waals surface area contributed by atoms with Gasteiger partial charge in [0.05, 0.1) is 10.0 Å². The van der Waals surface area contributed by atoms with Crippen LogP contribution in [0.1, 0.15) is 41.6 Å². The van der Waals surface area contributed by atoms with E-state index >= 15 is 0 Å². The summed E-state index contributed by atoms with van der Waals surface area (Å²) in [6.07, 6.45) is 5.25. The molecule has 9 heteroatoms. The van der Waals surface area contributed by atoms with Crippen molar-refractivity contribution in [2.45, 2.75) is 31.7 Å². The number of imide groups is 2. The van der Waals surface area contributed by atoms with E-state index in [2.05, 4.69) is 37.2 Å². The minimum absolute atomic E-state index is 0.161. The molecule has 2 aromatic carbocycles. The fraction of sp³-hybridized carbons (Fsp3) is 0.280. The van der Waals surface area contributed by atoms with E-state index in [-0.39, 0.29) is 23.3 Å². The normalized spacial score (nSPS) is 25.1. The van der Waals surface area contributed by atoms with Gasteiger partial charge in [0.15, 0.2) is 5.75 Å². The van der Waals surface area contributed by atoms with E-state index < -0.39 is 23.8 Å². The number of rotatable bonds is 4. The molecule has 1 N–H and O–H groups in total. The quantitative estimate of drug-likeness (QED) is 0.233. The van der Waals surface area contributed by atoms with Crippen molar-refractivity contribution in [1.82, 2.24) is 10.2 Å². The highest BCUT2D eigenvalue weighted by molar-refractivity contribution is 9.11. The van der Waals surface area contributed by atoms with Crippen LogP contribution >= 0.6 is 31.9 Å². The molecule has 3 aliphatic rings. The molecule has 0 radical (unpaired) electrons. The second kappa shape index (κ2) is 9.11. The van der Waals surface area contributed by atoms with Gasteiger partial charge in [0.1, 0.15) is 5.57 Å². The van der Waals surface area contributed by atoms with Crippen LogP contribution < -0.4 is 10.1 Å². The third-order valence-electron chi connectivity index (χ3n) is 6.71. The smallest absolute Gasteiger partial charge is 0.343 e. The number of benzene rings is 2. The summed E-state index contributed by atoms with van der Waals surface area (Å²) in [5.74, 6) is -1.02. The van der Waals surface area contributed by atoms with Crippen LogP contribution in [0.15, 0.2) is 57.0 Å². The number of carbonyl (C=O) groups excluding carboxylic acids is 4. The van der Waals surface area contributed by atoms with E-state index in [1.54, 1.807) is 42.5 Å². The van der Waals surface area contributed by atoms with E-state index in [4.69, 9.17) is 4.74 Å². The zero-order valence-electron chi connectivity index (χ0n) is 17.9. The van der Waals surface area contributed by atoms with Gasteiger partial charge in [-0.1, -0.05) is 40.5 Å². The Labute approximate surface area is 212 Å². The van der Waals surface area contributed by atoms with Gasteiger partial charge < -0.3 is 4.74 Å². The molecule has 2 saturated carbocycles. The highest BCUT2D eigenvalue weighted by Gasteiger charge is 2.49. The lowest BCUT2D eigenvalue weighted by Crippen LogP contribution is -2.58. The zero-order valence-corrected chi connectivity index (χ0v) is 21.1. The number of hydrogen-bond acceptors (Lipinski definition) is 5. The van der Waals surface area contributed by atoms with Gasteiger partial charge in [-0.3, -0.25) is 19.8 Å². The first kappa shape index (κ1) is 23.0. The van der Waals surface area contributed by atoms with Gasteiger partial charge in [-0.25, -0.2) is 9.59 Å². The molecule has 5 rings (SSSR count). The maximum absolute atomic E-state index is 13.4. The topological polar surface area (TPSA) is 92.8 Å². The minimum atomic E-state index is -0.772. The summed E-state index contributed by atoms with van der Waals surface area (Å²) in [7, 11) is 0. The zero-order chi connectivity index (χ0) is 24.0. The molecule has 0 unspecified atom stereocenters. The van der Waals surface area contributed by atoms with Crippen molar-refractivity contribution in [3.8, 4) is 5.75 Å². The largest absolute Gasteiger partial charge is 0.421 e. The average Bonchev–Trinajstić information content (AvgIpc) is 3.43. The average molecular weight is 588 g/mol. The van der Waals surface area contributed by atoms with E-state index in [1.807, 2.05) is 0 Å². The molecule has 0 spiro atoms. The van der Waals surface area contributed by atoms with Crippen LogP contribution in [-0.4, -0.2) is 34.8 Å². The number of ether oxygens (including phenoxy) is 1. The number of amides is 4. The molecule has 174 valence electrons. The third kappa shape index (κ3) is 4.22. The van der Waals surface area contributed by atoms with Crippen LogP contribution in [0.4, 0.5) is 4.79 Å². The molecule has 1 heterocycles. The number of hydrogen-bond donors (Lipinski definition) is 1. The van der Waals surface area contributed by atoms with Gasteiger partial charge in [0.25, 0.3) is 11.8 Å². The predicted octanol–water partition coefficient (Wildman–Crippen LogP) is 5.08. The molecule has 2 aliphatic carbocycles. The Morgan fingerprint density at radius 1 is 1.06 bits per heavy atom. The first-order valence-electron chi connectivity index (χ1n) is 11.0. The van der Waals surface area contributed by atoms with Gasteiger partial charge in [0.2, 0.25) is 0 Å². The van der Waals surface area contributed by atoms with Gasteiger partial charge in [-0.15, -0.1) is 0 Å². The van der Waals surface area contributed by atoms with Crippen molar-refractivity contribution in [3.63, 3.8) is 0 Å². The summed E-state index contributed by atoms with van der Waals surface area (Å²) in [6, 6.07) is 11.0. The predicted molar refractivity (Wildman–Crippen MR) is 131 cm³/mol. The highest BCUT2D eigenvalue weighted by atomic mass is 79.9. The number of urea groups is 1. The Balaban J connectivity index is 1.50. The number of esters is 1. The van der Waals surface area contributed by atoms with Crippen LogP contribution in [0, 0.1) is 11.8 Å². The summed E-state index contributed by atoms with van der Waals surface area (Å²) >= 11 is 6.81. The standard InChI is InChI=1S/C25H20Br2N2O5/c26-17-10-16(21(19(27)12-17)34-24(32)14-4-2-1-3-5-14)11-18-22(30)28-25(33)29(23(18)31)20-9-13-6-7-15(20)8-13/h1-5,10-13,15,20H,6-9H2,(H,28,30,33)/b18-11-/t13-,15-,20-/m0/s1. The third-order valence-corrected chi connectivity index (χ3v) is 7.75. The Hall–Kier alpha value is -2.78. The minimum Gasteiger partial charge on any atom is -0.421 e. The molecule has 3 atom stereocenters. The first-order valence-corrected chi connectivity index (χ1v) is 12.6. The van der Waals surface area contributed by atoms with Crippen molar-refractivity contribution in [3.05, 3.63) is 68.1 Å². The van der Waals surface area contributed by atoms with E-state index in [1.165, 1.54) is 11.0 Å². The second-order valence-electron chi connectivity index (χ2n) is 8.80. The maximum Gasteiger partial charge on any atom is 0.343 e. The number of halogens is 2. The fourth-order valence-electron chi connectivity index (χ4n) is 5.18. The molecule has 0 aromatic heterocycles. The van der Waals surface area contributed by atoms with Crippen LogP contribution in [0.5, 0.6) is 5.75 Å². The lowest BCUT2D eigenvalue weighted by Gasteiger charge is -2.35. The number of nitrogens with zero attached hydrogens (tertiary/aromatic N) is 1. The van der Waals surface area contributed by atoms with Crippen LogP contribution in [0.2, 0.25) is 0 Å². The van der Waals surface area contributed by atoms with E-state index in [0.717, 1.165) is 25.7 Å². The molecule has 7 nitrogen and oxygen atoms in total. The molecule has 1 saturated heterocycles. The van der Waals surface area contributed by atoms with E-state index in [0.29, 0.717) is 26.0 Å². The summed E-state index contributed by atoms with van der Waals surface area (Å²) in [6.45, 7) is 0. The lowest BCUT2D eigenvalue weighted by molar-refractivity contribution is -0.132. The number of nitrogens with one attached hydrogen (secondary N) is 1. The molecule has 1 aliphatic heterocycles. The fourth-order valence-corrected chi connectivity index (χ4v) is 6.52. The highest BCUT2D eigenvalue weighted by Crippen LogP contribution is 2.47. The van der Waals surface area contributed by atoms with Crippen molar-refractivity contribution in [1.29, 1.82) is 0 Å². The van der Waals surface area contributed by atoms with Crippen LogP contribution in [0.3, 0.4) is 0 Å². The molecule has 2 bridgehead atoms. The summed E-state index contributed by atoms with van der Waals surface area (Å²) in [5.41, 5.74) is 0.520. The summed E-state index contributed by atoms with van der Waals surface area (Å²) in [5, 5.41) is 2.31. The SMILES string of the molecule is O=C1NC(=O)N([C@H]2C[C@H]3CC[C@H]2C3)C(=O)/C1=C\c1cc(Br)cc(Br)c1OC(=O)c1ccccc1. The first-order chi connectivity index (χ1) is 16.3. The van der Waals surface area contributed by atoms with Crippen molar-refractivity contribution in [2.75, 3.05) is 0 Å². The molecular weight excluding hydrogens is 568 g/mol. The summed E-state index contributed by atoms with van der Waals surface area (Å²) in [4.78, 5) is 52.6. The molecule has 34 heavy (non-hydrogen) atoms. The number of carbonyl (C=O) groups is 4. The molecule has 2 aromatic rings. The van der Waals surface area contributed by atoms with Crippen molar-refractivity contribution in [2.24, 2.45) is 11.8 Å². The van der Waals surface area contributed by atoms with Gasteiger partial charge in [-0.05, 0) is 77.4 Å². The van der Waals surface area contributed by atoms with Gasteiger partial charge in [0, 0.05) is 16.1 Å². The maximum atomic E-state index is 13.4. The number of fused-ring (bicyclic) bond motifs is 2. The van der Waals surface area contributed by atoms with Crippen LogP contribution in [-0.2, 0) is 9.59 Å². The molecule has 3 fully saturated rings.